The van der Waals surface area contributed by atoms with Gasteiger partial charge >= 0.3 is 17.1 Å². The van der Waals surface area contributed by atoms with Gasteiger partial charge in [0, 0.05) is 0 Å². The first-order valence-electron chi connectivity index (χ1n) is 6.34. The second-order valence-electron chi connectivity index (χ2n) is 3.77. The third kappa shape index (κ3) is 9.84. The van der Waals surface area contributed by atoms with Crippen molar-refractivity contribution in [2.45, 2.75) is 0 Å². The number of halogens is 2. The summed E-state index contributed by atoms with van der Waals surface area (Å²) in [5, 5.41) is 13.4. The van der Waals surface area contributed by atoms with Crippen LogP contribution in [0.3, 0.4) is 0 Å². The van der Waals surface area contributed by atoms with Gasteiger partial charge in [0.25, 0.3) is 0 Å². The summed E-state index contributed by atoms with van der Waals surface area (Å²) in [5.41, 5.74) is 0. The van der Waals surface area contributed by atoms with Gasteiger partial charge in [-0.2, -0.15) is 0 Å². The van der Waals surface area contributed by atoms with E-state index < -0.39 is 0 Å². The fraction of sp³-hybridized carbons (Fsp3) is 0.125. The molecule has 137 valence electrons. The van der Waals surface area contributed by atoms with Crippen LogP contribution in [-0.2, 0) is 17.1 Å². The molecule has 2 N–H and O–H groups in total. The molecule has 0 heterocycles. The predicted molar refractivity (Wildman–Crippen MR) is 84.8 cm³/mol. The summed E-state index contributed by atoms with van der Waals surface area (Å²) < 4.78 is 19.6. The number of ether oxygens (including phenoxy) is 4. The predicted octanol–water partition coefficient (Wildman–Crippen LogP) is -2.63. The van der Waals surface area contributed by atoms with E-state index >= 15 is 0 Å². The molecular formula is C16H18Cl2MnN2O4. The Balaban J connectivity index is -0.000000346. The number of methoxy groups -OCH3 is 2. The van der Waals surface area contributed by atoms with Crippen LogP contribution in [0.1, 0.15) is 0 Å². The molecule has 0 atom stereocenters. The Morgan fingerprint density at radius 3 is 1.16 bits per heavy atom. The maximum absolute atomic E-state index is 6.71. The van der Waals surface area contributed by atoms with E-state index in [9.17, 15) is 0 Å². The van der Waals surface area contributed by atoms with Crippen molar-refractivity contribution >= 4 is 12.8 Å². The van der Waals surface area contributed by atoms with Crippen molar-refractivity contribution in [3.05, 3.63) is 48.5 Å². The molecule has 25 heavy (non-hydrogen) atoms. The van der Waals surface area contributed by atoms with Crippen LogP contribution in [0.5, 0.6) is 23.0 Å². The smallest absolute Gasteiger partial charge is 1.00 e. The first-order valence-corrected chi connectivity index (χ1v) is 6.34. The van der Waals surface area contributed by atoms with E-state index in [4.69, 9.17) is 29.8 Å². The molecule has 0 aromatic heterocycles. The zero-order chi connectivity index (χ0) is 16.2. The molecule has 0 bridgehead atoms. The van der Waals surface area contributed by atoms with Crippen LogP contribution >= 0.6 is 0 Å². The molecule has 0 unspecified atom stereocenters. The first-order chi connectivity index (χ1) is 10.8. The summed E-state index contributed by atoms with van der Waals surface area (Å²) in [4.78, 5) is 0. The van der Waals surface area contributed by atoms with E-state index in [0.717, 1.165) is 12.8 Å². The summed E-state index contributed by atoms with van der Waals surface area (Å²) in [6.07, 6.45) is 1.75. The van der Waals surface area contributed by atoms with Gasteiger partial charge in [0.15, 0.2) is 35.8 Å². The van der Waals surface area contributed by atoms with Crippen LogP contribution in [-0.4, -0.2) is 27.0 Å². The summed E-state index contributed by atoms with van der Waals surface area (Å²) in [5.74, 6) is 2.39. The van der Waals surface area contributed by atoms with E-state index in [1.54, 1.807) is 38.5 Å². The van der Waals surface area contributed by atoms with E-state index in [1.165, 1.54) is 0 Å². The average Bonchev–Trinajstić information content (AvgIpc) is 2.57. The maximum atomic E-state index is 6.71. The molecule has 0 amide bonds. The maximum Gasteiger partial charge on any atom is 2.00 e. The van der Waals surface area contributed by atoms with Crippen molar-refractivity contribution in [2.24, 2.45) is 0 Å². The largest absolute Gasteiger partial charge is 2.00 e. The number of hydrogen-bond donors (Lipinski definition) is 2. The number of nitrogens with one attached hydrogen (secondary N) is 2. The summed E-state index contributed by atoms with van der Waals surface area (Å²) in [6, 6.07) is 14.4. The molecule has 0 aliphatic rings. The molecule has 2 aromatic rings. The summed E-state index contributed by atoms with van der Waals surface area (Å²) in [7, 11) is 3.12. The second kappa shape index (κ2) is 16.9. The number of hydrogen-bond acceptors (Lipinski definition) is 6. The van der Waals surface area contributed by atoms with Crippen molar-refractivity contribution in [1.82, 2.24) is 0 Å². The topological polar surface area (TPSA) is 84.6 Å². The first kappa shape index (κ1) is 27.9. The molecule has 0 saturated heterocycles. The average molecular weight is 428 g/mol. The van der Waals surface area contributed by atoms with Crippen LogP contribution in [0.25, 0.3) is 0 Å². The Morgan fingerprint density at radius 1 is 0.640 bits per heavy atom. The molecule has 0 aliphatic carbocycles. The molecule has 6 nitrogen and oxygen atoms in total. The number of para-hydroxylation sites is 4. The van der Waals surface area contributed by atoms with Gasteiger partial charge in [-0.25, -0.2) is 0 Å². The monoisotopic (exact) mass is 427 g/mol. The van der Waals surface area contributed by atoms with Gasteiger partial charge in [0.05, 0.1) is 14.2 Å². The van der Waals surface area contributed by atoms with Crippen molar-refractivity contribution in [1.29, 1.82) is 10.8 Å². The molecule has 0 aliphatic heterocycles. The SMILES string of the molecule is COc1ccccc1OC=N.COc1ccccc1OC=N.[Cl-].[Cl-].[Mn+2]. The van der Waals surface area contributed by atoms with Gasteiger partial charge in [0.2, 0.25) is 0 Å². The Morgan fingerprint density at radius 2 is 0.920 bits per heavy atom. The Bertz CT molecular complexity index is 565. The fourth-order valence-corrected chi connectivity index (χ4v) is 1.56. The van der Waals surface area contributed by atoms with Gasteiger partial charge in [-0.15, -0.1) is 0 Å². The zero-order valence-electron chi connectivity index (χ0n) is 13.5. The standard InChI is InChI=1S/2C8H9NO2.2ClH.Mn/c2*1-10-7-4-2-3-5-8(7)11-6-9;;;/h2*2-6,9H,1H3;2*1H;/q;;;;+2/p-2. The van der Waals surface area contributed by atoms with Crippen LogP contribution < -0.4 is 43.8 Å². The van der Waals surface area contributed by atoms with Crippen LogP contribution in [0, 0.1) is 10.8 Å². The number of benzene rings is 2. The third-order valence-corrected chi connectivity index (χ3v) is 2.51. The van der Waals surface area contributed by atoms with E-state index in [1.807, 2.05) is 24.3 Å². The van der Waals surface area contributed by atoms with Crippen LogP contribution in [0.4, 0.5) is 0 Å². The molecule has 9 heteroatoms. The summed E-state index contributed by atoms with van der Waals surface area (Å²) >= 11 is 0. The fourth-order valence-electron chi connectivity index (χ4n) is 1.56. The van der Waals surface area contributed by atoms with Crippen molar-refractivity contribution in [3.8, 4) is 23.0 Å². The Kier molecular flexibility index (Phi) is 18.9. The van der Waals surface area contributed by atoms with E-state index in [2.05, 4.69) is 0 Å². The molecule has 2 rings (SSSR count). The van der Waals surface area contributed by atoms with E-state index in [-0.39, 0.29) is 41.9 Å². The molecule has 2 aromatic carbocycles. The normalized spacial score (nSPS) is 7.76. The Hall–Kier alpha value is -1.92. The van der Waals surface area contributed by atoms with Crippen molar-refractivity contribution in [3.63, 3.8) is 0 Å². The van der Waals surface area contributed by atoms with Crippen molar-refractivity contribution < 1.29 is 60.8 Å². The van der Waals surface area contributed by atoms with Gasteiger partial charge in [-0.1, -0.05) is 24.3 Å². The van der Waals surface area contributed by atoms with Gasteiger partial charge < -0.3 is 43.8 Å². The third-order valence-electron chi connectivity index (χ3n) is 2.51. The molecule has 0 spiro atoms. The van der Waals surface area contributed by atoms with E-state index in [0.29, 0.717) is 23.0 Å². The molecule has 0 saturated carbocycles. The number of rotatable bonds is 6. The van der Waals surface area contributed by atoms with Gasteiger partial charge in [-0.05, 0) is 24.3 Å². The molecule has 0 fully saturated rings. The molecular weight excluding hydrogens is 410 g/mol. The van der Waals surface area contributed by atoms with Gasteiger partial charge in [0.1, 0.15) is 0 Å². The minimum absolute atomic E-state index is 0. The minimum atomic E-state index is 0. The van der Waals surface area contributed by atoms with Crippen molar-refractivity contribution in [2.75, 3.05) is 14.2 Å². The quantitative estimate of drug-likeness (QED) is 0.300. The van der Waals surface area contributed by atoms with Crippen LogP contribution in [0.2, 0.25) is 0 Å². The second-order valence-corrected chi connectivity index (χ2v) is 3.77. The zero-order valence-corrected chi connectivity index (χ0v) is 16.2. The Labute approximate surface area is 170 Å². The summed E-state index contributed by atoms with van der Waals surface area (Å²) in [6.45, 7) is 0. The van der Waals surface area contributed by atoms with Gasteiger partial charge in [-0.3, -0.25) is 10.8 Å². The molecule has 1 radical (unpaired) electrons. The minimum Gasteiger partial charge on any atom is -1.00 e. The van der Waals surface area contributed by atoms with Crippen LogP contribution in [0.15, 0.2) is 48.5 Å².